The van der Waals surface area contributed by atoms with Crippen LogP contribution in [-0.2, 0) is 0 Å². The minimum atomic E-state index is 0.115. The highest BCUT2D eigenvalue weighted by Gasteiger charge is 2.20. The van der Waals surface area contributed by atoms with Crippen LogP contribution in [0.4, 0.5) is 11.4 Å². The van der Waals surface area contributed by atoms with E-state index in [1.165, 1.54) is 5.56 Å². The van der Waals surface area contributed by atoms with Crippen molar-refractivity contribution in [2.24, 2.45) is 4.99 Å². The lowest BCUT2D eigenvalue weighted by atomic mass is 9.98. The first-order valence-corrected chi connectivity index (χ1v) is 7.92. The maximum absolute atomic E-state index is 9.54. The second-order valence-electron chi connectivity index (χ2n) is 5.80. The molecule has 2 heterocycles. The summed E-state index contributed by atoms with van der Waals surface area (Å²) < 4.78 is 0. The first-order chi connectivity index (χ1) is 11.8. The Bertz CT molecular complexity index is 873. The number of para-hydroxylation sites is 2. The van der Waals surface area contributed by atoms with E-state index >= 15 is 0 Å². The van der Waals surface area contributed by atoms with Crippen molar-refractivity contribution in [1.29, 1.82) is 0 Å². The van der Waals surface area contributed by atoms with E-state index in [2.05, 4.69) is 10.3 Å². The number of hydrogen-bond donors (Lipinski definition) is 2. The Morgan fingerprint density at radius 3 is 2.46 bits per heavy atom. The van der Waals surface area contributed by atoms with Gasteiger partial charge in [0, 0.05) is 18.8 Å². The number of hydrogen-bond acceptors (Lipinski definition) is 4. The van der Waals surface area contributed by atoms with E-state index in [9.17, 15) is 5.11 Å². The Balaban J connectivity index is 1.80. The summed E-state index contributed by atoms with van der Waals surface area (Å²) >= 11 is 0. The summed E-state index contributed by atoms with van der Waals surface area (Å²) in [6, 6.07) is 19.4. The first-order valence-electron chi connectivity index (χ1n) is 7.92. The molecule has 118 valence electrons. The van der Waals surface area contributed by atoms with Crippen molar-refractivity contribution in [3.05, 3.63) is 84.2 Å². The number of aromatic nitrogens is 1. The number of nitrogens with one attached hydrogen (secondary N) is 1. The Morgan fingerprint density at radius 1 is 0.917 bits per heavy atom. The number of aromatic hydroxyl groups is 1. The number of pyridine rings is 1. The standard InChI is InChI=1S/C20H17N3O/c24-16-7-5-14(6-8-16)19-13-20(15-9-11-21-12-10-15)23-18-4-2-1-3-17(18)22-19/h1-12,20,23-24H,13H2. The third-order valence-electron chi connectivity index (χ3n) is 4.20. The molecule has 0 spiro atoms. The molecule has 4 heteroatoms. The lowest BCUT2D eigenvalue weighted by molar-refractivity contribution is 0.475. The van der Waals surface area contributed by atoms with Crippen molar-refractivity contribution in [1.82, 2.24) is 4.98 Å². The largest absolute Gasteiger partial charge is 0.508 e. The Morgan fingerprint density at radius 2 is 1.67 bits per heavy atom. The van der Waals surface area contributed by atoms with E-state index in [1.807, 2.05) is 60.9 Å². The molecule has 0 fully saturated rings. The summed E-state index contributed by atoms with van der Waals surface area (Å²) in [5, 5.41) is 13.1. The van der Waals surface area contributed by atoms with Crippen LogP contribution in [0.3, 0.4) is 0 Å². The number of phenols is 1. The minimum absolute atomic E-state index is 0.115. The fourth-order valence-electron chi connectivity index (χ4n) is 2.95. The van der Waals surface area contributed by atoms with Gasteiger partial charge in [-0.3, -0.25) is 9.98 Å². The summed E-state index contributed by atoms with van der Waals surface area (Å²) in [6.07, 6.45) is 4.37. The third-order valence-corrected chi connectivity index (χ3v) is 4.20. The summed E-state index contributed by atoms with van der Waals surface area (Å²) in [7, 11) is 0. The number of fused-ring (bicyclic) bond motifs is 1. The number of phenolic OH excluding ortho intramolecular Hbond substituents is 1. The Labute approximate surface area is 140 Å². The highest BCUT2D eigenvalue weighted by Crippen LogP contribution is 2.35. The van der Waals surface area contributed by atoms with E-state index in [1.54, 1.807) is 12.1 Å². The van der Waals surface area contributed by atoms with Gasteiger partial charge in [0.15, 0.2) is 0 Å². The van der Waals surface area contributed by atoms with Gasteiger partial charge in [-0.2, -0.15) is 0 Å². The van der Waals surface area contributed by atoms with Crippen LogP contribution in [0, 0.1) is 0 Å². The average Bonchev–Trinajstić information content (AvgIpc) is 2.83. The summed E-state index contributed by atoms with van der Waals surface area (Å²) in [5.41, 5.74) is 5.14. The van der Waals surface area contributed by atoms with Gasteiger partial charge in [-0.05, 0) is 59.7 Å². The zero-order chi connectivity index (χ0) is 16.4. The minimum Gasteiger partial charge on any atom is -0.508 e. The molecule has 1 aliphatic rings. The molecule has 1 aromatic heterocycles. The molecule has 0 radical (unpaired) electrons. The van der Waals surface area contributed by atoms with Crippen molar-refractivity contribution in [2.75, 3.05) is 5.32 Å². The molecule has 0 saturated heterocycles. The van der Waals surface area contributed by atoms with Gasteiger partial charge in [0.2, 0.25) is 0 Å². The third kappa shape index (κ3) is 2.86. The molecule has 0 aliphatic carbocycles. The Hall–Kier alpha value is -3.14. The molecule has 24 heavy (non-hydrogen) atoms. The van der Waals surface area contributed by atoms with E-state index in [-0.39, 0.29) is 11.8 Å². The smallest absolute Gasteiger partial charge is 0.115 e. The predicted octanol–water partition coefficient (Wildman–Crippen LogP) is 4.46. The highest BCUT2D eigenvalue weighted by molar-refractivity contribution is 6.04. The zero-order valence-electron chi connectivity index (χ0n) is 13.1. The average molecular weight is 315 g/mol. The molecular weight excluding hydrogens is 298 g/mol. The van der Waals surface area contributed by atoms with Crippen LogP contribution in [0.1, 0.15) is 23.6 Å². The molecule has 0 saturated carbocycles. The number of rotatable bonds is 2. The lowest BCUT2D eigenvalue weighted by Gasteiger charge is -2.19. The second-order valence-corrected chi connectivity index (χ2v) is 5.80. The Kier molecular flexibility index (Phi) is 3.71. The molecule has 1 atom stereocenters. The molecule has 2 N–H and O–H groups in total. The highest BCUT2D eigenvalue weighted by atomic mass is 16.3. The van der Waals surface area contributed by atoms with Crippen molar-refractivity contribution < 1.29 is 5.11 Å². The molecule has 0 amide bonds. The van der Waals surface area contributed by atoms with Gasteiger partial charge < -0.3 is 10.4 Å². The van der Waals surface area contributed by atoms with Gasteiger partial charge in [-0.25, -0.2) is 0 Å². The molecular formula is C20H17N3O. The lowest BCUT2D eigenvalue weighted by Crippen LogP contribution is -2.14. The molecule has 3 aromatic rings. The molecule has 4 rings (SSSR count). The van der Waals surface area contributed by atoms with Crippen LogP contribution >= 0.6 is 0 Å². The predicted molar refractivity (Wildman–Crippen MR) is 96.0 cm³/mol. The number of nitrogens with zero attached hydrogens (tertiary/aromatic N) is 2. The molecule has 4 nitrogen and oxygen atoms in total. The monoisotopic (exact) mass is 315 g/mol. The number of aliphatic imine (C=N–C) groups is 1. The van der Waals surface area contributed by atoms with Crippen molar-refractivity contribution >= 4 is 17.1 Å². The summed E-state index contributed by atoms with van der Waals surface area (Å²) in [5.74, 6) is 0.261. The van der Waals surface area contributed by atoms with Crippen LogP contribution < -0.4 is 5.32 Å². The van der Waals surface area contributed by atoms with Gasteiger partial charge in [-0.15, -0.1) is 0 Å². The molecule has 2 aromatic carbocycles. The van der Waals surface area contributed by atoms with Crippen molar-refractivity contribution in [3.8, 4) is 5.75 Å². The summed E-state index contributed by atoms with van der Waals surface area (Å²) in [6.45, 7) is 0. The van der Waals surface area contributed by atoms with Crippen molar-refractivity contribution in [2.45, 2.75) is 12.5 Å². The maximum atomic E-state index is 9.54. The fourth-order valence-corrected chi connectivity index (χ4v) is 2.95. The van der Waals surface area contributed by atoms with Gasteiger partial charge in [-0.1, -0.05) is 12.1 Å². The van der Waals surface area contributed by atoms with E-state index in [4.69, 9.17) is 4.99 Å². The van der Waals surface area contributed by atoms with Crippen LogP contribution in [0.5, 0.6) is 5.75 Å². The van der Waals surface area contributed by atoms with E-state index in [0.717, 1.165) is 29.1 Å². The van der Waals surface area contributed by atoms with E-state index < -0.39 is 0 Å². The van der Waals surface area contributed by atoms with Crippen LogP contribution in [0.25, 0.3) is 0 Å². The topological polar surface area (TPSA) is 57.5 Å². The maximum Gasteiger partial charge on any atom is 0.115 e. The first kappa shape index (κ1) is 14.5. The SMILES string of the molecule is Oc1ccc(C2=Nc3ccccc3NC(c3ccncc3)C2)cc1. The zero-order valence-corrected chi connectivity index (χ0v) is 13.1. The molecule has 0 bridgehead atoms. The van der Waals surface area contributed by atoms with Crippen LogP contribution in [0.15, 0.2) is 78.0 Å². The molecule has 1 unspecified atom stereocenters. The van der Waals surface area contributed by atoms with Crippen LogP contribution in [0.2, 0.25) is 0 Å². The number of anilines is 1. The van der Waals surface area contributed by atoms with Gasteiger partial charge >= 0.3 is 0 Å². The number of benzene rings is 2. The van der Waals surface area contributed by atoms with Crippen molar-refractivity contribution in [3.63, 3.8) is 0 Å². The normalized spacial score (nSPS) is 16.5. The summed E-state index contributed by atoms with van der Waals surface area (Å²) in [4.78, 5) is 8.98. The van der Waals surface area contributed by atoms with Crippen LogP contribution in [-0.4, -0.2) is 15.8 Å². The van der Waals surface area contributed by atoms with E-state index in [0.29, 0.717) is 0 Å². The van der Waals surface area contributed by atoms with Gasteiger partial charge in [0.05, 0.1) is 23.1 Å². The van der Waals surface area contributed by atoms with Gasteiger partial charge in [0.25, 0.3) is 0 Å². The molecule has 1 aliphatic heterocycles. The second kappa shape index (κ2) is 6.16. The fraction of sp³-hybridized carbons (Fsp3) is 0.100. The quantitative estimate of drug-likeness (QED) is 0.734. The van der Waals surface area contributed by atoms with Gasteiger partial charge in [0.1, 0.15) is 5.75 Å².